The molecule has 0 unspecified atom stereocenters. The molecule has 0 atom stereocenters. The summed E-state index contributed by atoms with van der Waals surface area (Å²) in [5.41, 5.74) is 9.28. The van der Waals surface area contributed by atoms with Crippen molar-refractivity contribution in [2.45, 2.75) is 65.2 Å². The van der Waals surface area contributed by atoms with Gasteiger partial charge < -0.3 is 15.9 Å². The molecule has 0 saturated carbocycles. The summed E-state index contributed by atoms with van der Waals surface area (Å²) in [6, 6.07) is 30.5. The van der Waals surface area contributed by atoms with Gasteiger partial charge in [-0.2, -0.15) is 0 Å². The van der Waals surface area contributed by atoms with E-state index in [1.54, 1.807) is 74.5 Å². The van der Waals surface area contributed by atoms with Gasteiger partial charge in [0.2, 0.25) is 5.91 Å². The average Bonchev–Trinajstić information content (AvgIpc) is 3.58. The van der Waals surface area contributed by atoms with Crippen molar-refractivity contribution in [3.05, 3.63) is 167 Å². The van der Waals surface area contributed by atoms with Crippen LogP contribution >= 0.6 is 0 Å². The maximum absolute atomic E-state index is 12.4. The van der Waals surface area contributed by atoms with Crippen molar-refractivity contribution in [1.29, 1.82) is 0 Å². The molecule has 4 aromatic carbocycles. The van der Waals surface area contributed by atoms with Crippen LogP contribution in [0.1, 0.15) is 118 Å². The number of imide groups is 1. The zero-order chi connectivity index (χ0) is 44.0. The first-order valence-corrected chi connectivity index (χ1v) is 19.6. The summed E-state index contributed by atoms with van der Waals surface area (Å²) in [6.45, 7) is 11.8. The number of nitrogens with one attached hydrogen (secondary N) is 1. The van der Waals surface area contributed by atoms with Gasteiger partial charge in [0.1, 0.15) is 0 Å². The Kier molecular flexibility index (Phi) is 19.6. The first kappa shape index (κ1) is 47.5. The van der Waals surface area contributed by atoms with Crippen LogP contribution in [0.4, 0.5) is 0 Å². The third kappa shape index (κ3) is 15.4. The Hall–Kier alpha value is -6.92. The number of hydrogen-bond donors (Lipinski definition) is 2. The summed E-state index contributed by atoms with van der Waals surface area (Å²) in [5.74, 6) is -2.05. The molecule has 12 heteroatoms. The van der Waals surface area contributed by atoms with Gasteiger partial charge in [0.05, 0.1) is 5.56 Å². The third-order valence-electron chi connectivity index (χ3n) is 8.94. The van der Waals surface area contributed by atoms with Gasteiger partial charge >= 0.3 is 5.97 Å². The molecule has 5 rings (SSSR count). The number of nitrogens with two attached hydrogens (primary N) is 1. The Morgan fingerprint density at radius 2 is 1.02 bits per heavy atom. The molecule has 0 spiro atoms. The smallest absolute Gasteiger partial charge is 0.352 e. The van der Waals surface area contributed by atoms with Gasteiger partial charge in [0, 0.05) is 65.6 Å². The lowest BCUT2D eigenvalue weighted by Crippen LogP contribution is -2.32. The molecule has 0 aliphatic carbocycles. The number of benzene rings is 4. The van der Waals surface area contributed by atoms with Crippen molar-refractivity contribution in [1.82, 2.24) is 10.4 Å². The maximum Gasteiger partial charge on any atom is 0.363 e. The number of nitrogens with zero attached hydrogens (tertiary/aromatic N) is 1. The molecule has 0 bridgehead atoms. The monoisotopic (exact) mass is 813 g/mol. The van der Waals surface area contributed by atoms with E-state index in [9.17, 15) is 38.4 Å². The van der Waals surface area contributed by atoms with Gasteiger partial charge in [-0.1, -0.05) is 117 Å². The predicted molar refractivity (Wildman–Crippen MR) is 228 cm³/mol. The lowest BCUT2D eigenvalue weighted by Gasteiger charge is -2.12. The number of hydroxylamine groups is 2. The SMILES string of the molecule is C=C(C)C(=O)CCCCCC(=O)c1ccc(C(=O)c2ccccc2)cc1.C=C(C)C(=O)NCCCN.O=C(ON1C(=O)CCC1=O)c1ccc(C(=O)c2ccccc2)cc1. The zero-order valence-corrected chi connectivity index (χ0v) is 34.1. The molecule has 1 saturated heterocycles. The van der Waals surface area contributed by atoms with Crippen LogP contribution in [0.2, 0.25) is 0 Å². The summed E-state index contributed by atoms with van der Waals surface area (Å²) >= 11 is 0. The molecule has 0 radical (unpaired) electrons. The Morgan fingerprint density at radius 1 is 0.583 bits per heavy atom. The van der Waals surface area contributed by atoms with Crippen LogP contribution in [0.5, 0.6) is 0 Å². The number of carbonyl (C=O) groups is 8. The molecule has 1 heterocycles. The highest BCUT2D eigenvalue weighted by Crippen LogP contribution is 2.17. The summed E-state index contributed by atoms with van der Waals surface area (Å²) in [7, 11) is 0. The summed E-state index contributed by atoms with van der Waals surface area (Å²) in [6.07, 6.45) is 4.23. The number of unbranched alkanes of at least 4 members (excludes halogenated alkanes) is 2. The minimum Gasteiger partial charge on any atom is -0.352 e. The second-order valence-corrected chi connectivity index (χ2v) is 13.9. The van der Waals surface area contributed by atoms with Crippen LogP contribution in [-0.2, 0) is 24.0 Å². The molecule has 312 valence electrons. The average molecular weight is 814 g/mol. The van der Waals surface area contributed by atoms with Gasteiger partial charge in [0.25, 0.3) is 11.8 Å². The van der Waals surface area contributed by atoms with E-state index in [1.165, 1.54) is 24.3 Å². The van der Waals surface area contributed by atoms with Crippen LogP contribution in [0.3, 0.4) is 0 Å². The van der Waals surface area contributed by atoms with E-state index < -0.39 is 17.8 Å². The Balaban J connectivity index is 0.000000263. The number of rotatable bonds is 18. The molecule has 1 aliphatic heterocycles. The Labute approximate surface area is 350 Å². The summed E-state index contributed by atoms with van der Waals surface area (Å²) in [5, 5.41) is 3.16. The van der Waals surface area contributed by atoms with Crippen molar-refractivity contribution in [3.8, 4) is 0 Å². The number of hydrogen-bond acceptors (Lipinski definition) is 10. The van der Waals surface area contributed by atoms with Gasteiger partial charge in [-0.25, -0.2) is 4.79 Å². The van der Waals surface area contributed by atoms with E-state index in [-0.39, 0.29) is 47.4 Å². The highest BCUT2D eigenvalue weighted by Gasteiger charge is 2.33. The van der Waals surface area contributed by atoms with E-state index in [0.717, 1.165) is 25.7 Å². The molecular weight excluding hydrogens is 763 g/mol. The molecule has 3 N–H and O–H groups in total. The van der Waals surface area contributed by atoms with E-state index in [2.05, 4.69) is 18.5 Å². The largest absolute Gasteiger partial charge is 0.363 e. The molecule has 12 nitrogen and oxygen atoms in total. The standard InChI is InChI=1S/C23H24O3.C18H13NO5.C7H14N2O/c1-17(2)21(24)11-7-4-8-12-22(25)18-13-15-20(16-14-18)23(26)19-9-5-3-6-10-19;20-15-10-11-16(21)19(15)24-18(23)14-8-6-13(7-9-14)17(22)12-4-2-1-3-5-12;1-6(2)7(10)9-5-3-4-8/h3,5-6,9-10,13-16H,1,4,7-8,11-12H2,2H3;1-9H,10-11H2;1,3-5,8H2,2H3,(H,9,10). The van der Waals surface area contributed by atoms with Crippen LogP contribution in [0, 0.1) is 0 Å². The number of allylic oxidation sites excluding steroid dienone is 1. The first-order valence-electron chi connectivity index (χ1n) is 19.6. The molecule has 0 aromatic heterocycles. The van der Waals surface area contributed by atoms with Crippen molar-refractivity contribution in [3.63, 3.8) is 0 Å². The molecule has 1 aliphatic rings. The van der Waals surface area contributed by atoms with E-state index in [0.29, 0.717) is 70.0 Å². The molecule has 3 amide bonds. The normalized spacial score (nSPS) is 11.6. The van der Waals surface area contributed by atoms with Gasteiger partial charge in [-0.05, 0) is 57.4 Å². The van der Waals surface area contributed by atoms with Gasteiger partial charge in [-0.15, -0.1) is 5.06 Å². The van der Waals surface area contributed by atoms with Crippen LogP contribution < -0.4 is 11.1 Å². The van der Waals surface area contributed by atoms with Crippen LogP contribution in [-0.4, -0.2) is 65.0 Å². The number of Topliss-reactive ketones (excluding diaryl/α,β-unsaturated/α-hetero) is 2. The lowest BCUT2D eigenvalue weighted by atomic mass is 9.99. The first-order chi connectivity index (χ1) is 28.7. The third-order valence-corrected chi connectivity index (χ3v) is 8.94. The number of carbonyl (C=O) groups excluding carboxylic acids is 8. The fourth-order valence-corrected chi connectivity index (χ4v) is 5.43. The van der Waals surface area contributed by atoms with Crippen molar-refractivity contribution < 1.29 is 43.2 Å². The second-order valence-electron chi connectivity index (χ2n) is 13.9. The topological polar surface area (TPSA) is 187 Å². The minimum atomic E-state index is -0.822. The Bertz CT molecular complexity index is 2150. The highest BCUT2D eigenvalue weighted by atomic mass is 16.7. The van der Waals surface area contributed by atoms with Crippen molar-refractivity contribution in [2.24, 2.45) is 5.73 Å². The quantitative estimate of drug-likeness (QED) is 0.0445. The number of amides is 3. The van der Waals surface area contributed by atoms with E-state index >= 15 is 0 Å². The summed E-state index contributed by atoms with van der Waals surface area (Å²) in [4.78, 5) is 98.8. The zero-order valence-electron chi connectivity index (χ0n) is 34.1. The molecule has 1 fully saturated rings. The van der Waals surface area contributed by atoms with Crippen molar-refractivity contribution in [2.75, 3.05) is 13.1 Å². The molecule has 4 aromatic rings. The second kappa shape index (κ2) is 24.8. The molecular formula is C48H51N3O9. The fourth-order valence-electron chi connectivity index (χ4n) is 5.43. The Morgan fingerprint density at radius 3 is 1.47 bits per heavy atom. The predicted octanol–water partition coefficient (Wildman–Crippen LogP) is 7.36. The maximum atomic E-state index is 12.4. The minimum absolute atomic E-state index is 0.0383. The lowest BCUT2D eigenvalue weighted by molar-refractivity contribution is -0.172. The highest BCUT2D eigenvalue weighted by molar-refractivity contribution is 6.10. The van der Waals surface area contributed by atoms with E-state index in [4.69, 9.17) is 10.6 Å². The summed E-state index contributed by atoms with van der Waals surface area (Å²) < 4.78 is 0. The van der Waals surface area contributed by atoms with Crippen LogP contribution in [0.25, 0.3) is 0 Å². The van der Waals surface area contributed by atoms with Gasteiger partial charge in [-0.3, -0.25) is 33.6 Å². The van der Waals surface area contributed by atoms with E-state index in [1.807, 2.05) is 24.3 Å². The number of ketones is 4. The fraction of sp³-hybridized carbons (Fsp3) is 0.250. The van der Waals surface area contributed by atoms with Crippen LogP contribution in [0.15, 0.2) is 133 Å². The molecule has 60 heavy (non-hydrogen) atoms. The van der Waals surface area contributed by atoms with Crippen molar-refractivity contribution >= 4 is 46.8 Å². The van der Waals surface area contributed by atoms with Gasteiger partial charge in [0.15, 0.2) is 23.1 Å².